The normalized spacial score (nSPS) is 32.4. The number of fused-ring (bicyclic) bond motifs is 2. The van der Waals surface area contributed by atoms with E-state index in [1.165, 1.54) is 12.1 Å². The molecule has 0 aromatic heterocycles. The van der Waals surface area contributed by atoms with Crippen molar-refractivity contribution in [2.75, 3.05) is 13.2 Å². The molecule has 3 nitrogen and oxygen atoms in total. The van der Waals surface area contributed by atoms with Crippen LogP contribution in [-0.2, 0) is 11.3 Å². The first kappa shape index (κ1) is 12.1. The predicted octanol–water partition coefficient (Wildman–Crippen LogP) is 1.52. The highest BCUT2D eigenvalue weighted by Crippen LogP contribution is 2.28. The highest BCUT2D eigenvalue weighted by molar-refractivity contribution is 5.16. The van der Waals surface area contributed by atoms with Crippen molar-refractivity contribution in [1.29, 1.82) is 0 Å². The maximum absolute atomic E-state index is 12.9. The first-order chi connectivity index (χ1) is 8.72. The van der Waals surface area contributed by atoms with Gasteiger partial charge in [-0.25, -0.2) is 4.39 Å². The van der Waals surface area contributed by atoms with E-state index in [0.29, 0.717) is 18.1 Å². The van der Waals surface area contributed by atoms with Gasteiger partial charge in [0.15, 0.2) is 0 Å². The molecule has 0 amide bonds. The van der Waals surface area contributed by atoms with Gasteiger partial charge in [-0.15, -0.1) is 0 Å². The van der Waals surface area contributed by atoms with Crippen LogP contribution < -0.4 is 5.73 Å². The fourth-order valence-electron chi connectivity index (χ4n) is 3.09. The number of ether oxygens (including phenoxy) is 1. The lowest BCUT2D eigenvalue weighted by Gasteiger charge is -2.47. The van der Waals surface area contributed by atoms with Gasteiger partial charge in [-0.2, -0.15) is 0 Å². The Kier molecular flexibility index (Phi) is 3.33. The molecule has 98 valence electrons. The molecule has 2 aliphatic rings. The van der Waals surface area contributed by atoms with E-state index in [1.807, 2.05) is 12.1 Å². The van der Waals surface area contributed by atoms with E-state index in [9.17, 15) is 4.39 Å². The molecule has 0 unspecified atom stereocenters. The third-order valence-corrected chi connectivity index (χ3v) is 3.99. The van der Waals surface area contributed by atoms with Gasteiger partial charge >= 0.3 is 0 Å². The van der Waals surface area contributed by atoms with Crippen molar-refractivity contribution >= 4 is 0 Å². The van der Waals surface area contributed by atoms with Crippen LogP contribution in [0.25, 0.3) is 0 Å². The number of hydrogen-bond donors (Lipinski definition) is 1. The molecule has 3 rings (SSSR count). The minimum absolute atomic E-state index is 0.178. The fourth-order valence-corrected chi connectivity index (χ4v) is 3.09. The molecule has 2 fully saturated rings. The Labute approximate surface area is 107 Å². The zero-order chi connectivity index (χ0) is 12.5. The van der Waals surface area contributed by atoms with Gasteiger partial charge in [-0.1, -0.05) is 12.1 Å². The summed E-state index contributed by atoms with van der Waals surface area (Å²) in [5.74, 6) is -0.178. The highest BCUT2D eigenvalue weighted by Gasteiger charge is 2.37. The van der Waals surface area contributed by atoms with Crippen LogP contribution in [-0.4, -0.2) is 36.2 Å². The van der Waals surface area contributed by atoms with Crippen LogP contribution in [0.2, 0.25) is 0 Å². The average molecular weight is 250 g/mol. The summed E-state index contributed by atoms with van der Waals surface area (Å²) in [5, 5.41) is 0. The quantitative estimate of drug-likeness (QED) is 0.865. The Hall–Kier alpha value is -0.970. The van der Waals surface area contributed by atoms with Crippen LogP contribution in [0, 0.1) is 5.82 Å². The molecule has 2 saturated heterocycles. The van der Waals surface area contributed by atoms with Crippen LogP contribution in [0.3, 0.4) is 0 Å². The van der Waals surface area contributed by atoms with Crippen molar-refractivity contribution in [1.82, 2.24) is 4.90 Å². The Morgan fingerprint density at radius 2 is 1.78 bits per heavy atom. The van der Waals surface area contributed by atoms with Gasteiger partial charge < -0.3 is 10.5 Å². The number of hydrogen-bond acceptors (Lipinski definition) is 3. The molecule has 0 radical (unpaired) electrons. The molecule has 2 aliphatic heterocycles. The number of nitrogens with two attached hydrogens (primary N) is 1. The number of piperidine rings is 1. The van der Waals surface area contributed by atoms with E-state index in [4.69, 9.17) is 10.5 Å². The van der Waals surface area contributed by atoms with E-state index in [1.54, 1.807) is 0 Å². The van der Waals surface area contributed by atoms with Gasteiger partial charge in [0.25, 0.3) is 0 Å². The highest BCUT2D eigenvalue weighted by atomic mass is 19.1. The standard InChI is InChI=1S/C14H19FN2O/c15-11-3-1-10(2-4-11)7-17-13-5-12(16)6-14(17)9-18-8-13/h1-4,12-14H,5-9,16H2/t12-,13+,14-. The minimum atomic E-state index is -0.178. The van der Waals surface area contributed by atoms with Gasteiger partial charge in [0.05, 0.1) is 13.2 Å². The molecule has 2 N–H and O–H groups in total. The van der Waals surface area contributed by atoms with E-state index in [0.717, 1.165) is 38.2 Å². The average Bonchev–Trinajstić information content (AvgIpc) is 2.33. The molecule has 0 aliphatic carbocycles. The topological polar surface area (TPSA) is 38.5 Å². The SMILES string of the molecule is N[C@@H]1C[C@H]2COC[C@@H](C1)N2Cc1ccc(F)cc1. The first-order valence-corrected chi connectivity index (χ1v) is 6.56. The van der Waals surface area contributed by atoms with Gasteiger partial charge in [-0.05, 0) is 30.5 Å². The second-order valence-corrected chi connectivity index (χ2v) is 5.38. The van der Waals surface area contributed by atoms with Crippen LogP contribution in [0.4, 0.5) is 4.39 Å². The molecule has 1 aromatic rings. The Balaban J connectivity index is 1.73. The van der Waals surface area contributed by atoms with E-state index in [-0.39, 0.29) is 5.82 Å². The molecular weight excluding hydrogens is 231 g/mol. The minimum Gasteiger partial charge on any atom is -0.378 e. The summed E-state index contributed by atoms with van der Waals surface area (Å²) < 4.78 is 18.5. The third kappa shape index (κ3) is 2.41. The molecule has 2 bridgehead atoms. The molecular formula is C14H19FN2O. The molecule has 0 saturated carbocycles. The molecule has 2 heterocycles. The summed E-state index contributed by atoms with van der Waals surface area (Å²) in [6, 6.07) is 7.90. The van der Waals surface area contributed by atoms with Crippen molar-refractivity contribution in [3.05, 3.63) is 35.6 Å². The van der Waals surface area contributed by atoms with Crippen molar-refractivity contribution in [3.8, 4) is 0 Å². The van der Waals surface area contributed by atoms with Crippen LogP contribution in [0.5, 0.6) is 0 Å². The molecule has 3 atom stereocenters. The second kappa shape index (κ2) is 4.96. The van der Waals surface area contributed by atoms with Gasteiger partial charge in [0.1, 0.15) is 5.82 Å². The van der Waals surface area contributed by atoms with Crippen molar-refractivity contribution < 1.29 is 9.13 Å². The molecule has 4 heteroatoms. The summed E-state index contributed by atoms with van der Waals surface area (Å²) in [7, 11) is 0. The second-order valence-electron chi connectivity index (χ2n) is 5.38. The summed E-state index contributed by atoms with van der Waals surface area (Å²) in [5.41, 5.74) is 7.22. The Morgan fingerprint density at radius 1 is 1.17 bits per heavy atom. The lowest BCUT2D eigenvalue weighted by molar-refractivity contribution is -0.0819. The first-order valence-electron chi connectivity index (χ1n) is 6.56. The fraction of sp³-hybridized carbons (Fsp3) is 0.571. The summed E-state index contributed by atoms with van der Waals surface area (Å²) in [6.45, 7) is 2.41. The maximum Gasteiger partial charge on any atom is 0.123 e. The zero-order valence-electron chi connectivity index (χ0n) is 10.4. The number of morpholine rings is 1. The van der Waals surface area contributed by atoms with Gasteiger partial charge in [-0.3, -0.25) is 4.90 Å². The van der Waals surface area contributed by atoms with Crippen LogP contribution >= 0.6 is 0 Å². The molecule has 1 aromatic carbocycles. The third-order valence-electron chi connectivity index (χ3n) is 3.99. The lowest BCUT2D eigenvalue weighted by atomic mass is 9.90. The smallest absolute Gasteiger partial charge is 0.123 e. The number of halogens is 1. The van der Waals surface area contributed by atoms with E-state index < -0.39 is 0 Å². The van der Waals surface area contributed by atoms with Gasteiger partial charge in [0.2, 0.25) is 0 Å². The summed E-state index contributed by atoms with van der Waals surface area (Å²) in [4.78, 5) is 2.47. The Morgan fingerprint density at radius 3 is 2.39 bits per heavy atom. The zero-order valence-corrected chi connectivity index (χ0v) is 10.4. The van der Waals surface area contributed by atoms with Crippen LogP contribution in [0.15, 0.2) is 24.3 Å². The van der Waals surface area contributed by atoms with Crippen LogP contribution in [0.1, 0.15) is 18.4 Å². The van der Waals surface area contributed by atoms with Gasteiger partial charge in [0, 0.05) is 24.7 Å². The predicted molar refractivity (Wildman–Crippen MR) is 67.5 cm³/mol. The van der Waals surface area contributed by atoms with E-state index >= 15 is 0 Å². The monoisotopic (exact) mass is 250 g/mol. The number of rotatable bonds is 2. The summed E-state index contributed by atoms with van der Waals surface area (Å²) >= 11 is 0. The lowest BCUT2D eigenvalue weighted by Crippen LogP contribution is -2.58. The van der Waals surface area contributed by atoms with Crippen molar-refractivity contribution in [2.45, 2.75) is 37.5 Å². The number of benzene rings is 1. The maximum atomic E-state index is 12.9. The molecule has 0 spiro atoms. The van der Waals surface area contributed by atoms with E-state index in [2.05, 4.69) is 4.90 Å². The molecule has 18 heavy (non-hydrogen) atoms. The van der Waals surface area contributed by atoms with Crippen molar-refractivity contribution in [2.24, 2.45) is 5.73 Å². The largest absolute Gasteiger partial charge is 0.378 e. The number of nitrogens with zero attached hydrogens (tertiary/aromatic N) is 1. The Bertz CT molecular complexity index is 395. The van der Waals surface area contributed by atoms with Crippen molar-refractivity contribution in [3.63, 3.8) is 0 Å². The summed E-state index contributed by atoms with van der Waals surface area (Å²) in [6.07, 6.45) is 2.00.